The van der Waals surface area contributed by atoms with Gasteiger partial charge < -0.3 is 15.1 Å². The zero-order valence-corrected chi connectivity index (χ0v) is 14.8. The van der Waals surface area contributed by atoms with E-state index >= 15 is 0 Å². The van der Waals surface area contributed by atoms with Crippen LogP contribution in [0, 0.1) is 0 Å². The Balaban J connectivity index is 0.00000200. The predicted molar refractivity (Wildman–Crippen MR) is 89.7 cm³/mol. The molecule has 0 bridgehead atoms. The summed E-state index contributed by atoms with van der Waals surface area (Å²) in [5.74, 6) is 0.278. The number of nitrogens with one attached hydrogen (secondary N) is 1. The highest BCUT2D eigenvalue weighted by Crippen LogP contribution is 2.22. The van der Waals surface area contributed by atoms with Gasteiger partial charge in [-0.2, -0.15) is 0 Å². The van der Waals surface area contributed by atoms with Gasteiger partial charge in [0.25, 0.3) is 0 Å². The van der Waals surface area contributed by atoms with Crippen molar-refractivity contribution in [2.75, 3.05) is 39.8 Å². The molecule has 1 N–H and O–H groups in total. The fraction of sp³-hybridized carbons (Fsp3) is 0.615. The number of hydrogen-bond donors (Lipinski definition) is 1. The first kappa shape index (κ1) is 17.9. The third kappa shape index (κ3) is 5.69. The molecule has 0 aromatic carbocycles. The molecule has 114 valence electrons. The summed E-state index contributed by atoms with van der Waals surface area (Å²) >= 11 is 5.22. The van der Waals surface area contributed by atoms with Crippen LogP contribution in [-0.2, 0) is 11.3 Å². The SMILES string of the molecule is CN(CCC(=O)N1CCNCC1)Cc1ccc(Br)s1.Cl. The molecule has 1 aliphatic heterocycles. The van der Waals surface area contributed by atoms with Crippen LogP contribution in [-0.4, -0.2) is 55.5 Å². The van der Waals surface area contributed by atoms with Gasteiger partial charge in [-0.3, -0.25) is 4.79 Å². The van der Waals surface area contributed by atoms with Gasteiger partial charge in [0.15, 0.2) is 0 Å². The molecule has 0 spiro atoms. The van der Waals surface area contributed by atoms with E-state index in [1.54, 1.807) is 11.3 Å². The molecule has 0 aliphatic carbocycles. The lowest BCUT2D eigenvalue weighted by Gasteiger charge is -2.28. The third-order valence-electron chi connectivity index (χ3n) is 3.23. The molecule has 20 heavy (non-hydrogen) atoms. The fourth-order valence-electron chi connectivity index (χ4n) is 2.14. The lowest BCUT2D eigenvalue weighted by Crippen LogP contribution is -2.46. The van der Waals surface area contributed by atoms with E-state index in [0.29, 0.717) is 6.42 Å². The summed E-state index contributed by atoms with van der Waals surface area (Å²) in [4.78, 5) is 17.5. The summed E-state index contributed by atoms with van der Waals surface area (Å²) in [7, 11) is 2.07. The Morgan fingerprint density at radius 2 is 2.15 bits per heavy atom. The molecule has 2 rings (SSSR count). The summed E-state index contributed by atoms with van der Waals surface area (Å²) in [6.45, 7) is 5.26. The highest BCUT2D eigenvalue weighted by molar-refractivity contribution is 9.11. The van der Waals surface area contributed by atoms with E-state index in [2.05, 4.69) is 45.3 Å². The second-order valence-electron chi connectivity index (χ2n) is 4.82. The Hall–Kier alpha value is -0.140. The zero-order chi connectivity index (χ0) is 13.7. The molecule has 1 fully saturated rings. The Morgan fingerprint density at radius 3 is 2.75 bits per heavy atom. The highest BCUT2D eigenvalue weighted by atomic mass is 79.9. The van der Waals surface area contributed by atoms with E-state index in [-0.39, 0.29) is 18.3 Å². The molecule has 1 amide bonds. The molecule has 2 heterocycles. The summed E-state index contributed by atoms with van der Waals surface area (Å²) in [5.41, 5.74) is 0. The van der Waals surface area contributed by atoms with Crippen molar-refractivity contribution in [1.29, 1.82) is 0 Å². The first-order valence-electron chi connectivity index (χ1n) is 6.56. The first-order valence-corrected chi connectivity index (χ1v) is 8.17. The maximum atomic E-state index is 12.0. The Bertz CT molecular complexity index is 424. The minimum atomic E-state index is 0. The van der Waals surface area contributed by atoms with E-state index in [9.17, 15) is 4.79 Å². The van der Waals surface area contributed by atoms with E-state index in [0.717, 1.165) is 43.1 Å². The number of rotatable bonds is 5. The fourth-order valence-corrected chi connectivity index (χ4v) is 3.70. The Kier molecular flexibility index (Phi) is 8.06. The van der Waals surface area contributed by atoms with Crippen LogP contribution in [0.2, 0.25) is 0 Å². The summed E-state index contributed by atoms with van der Waals surface area (Å²) in [6, 6.07) is 4.20. The number of thiophene rings is 1. The quantitative estimate of drug-likeness (QED) is 0.848. The third-order valence-corrected chi connectivity index (χ3v) is 4.84. The van der Waals surface area contributed by atoms with Gasteiger partial charge in [-0.25, -0.2) is 0 Å². The van der Waals surface area contributed by atoms with Crippen LogP contribution in [0.5, 0.6) is 0 Å². The van der Waals surface area contributed by atoms with Crippen LogP contribution in [0.3, 0.4) is 0 Å². The molecular formula is C13H21BrClN3OS. The minimum Gasteiger partial charge on any atom is -0.340 e. The molecular weight excluding hydrogens is 362 g/mol. The van der Waals surface area contributed by atoms with Gasteiger partial charge in [-0.15, -0.1) is 23.7 Å². The second-order valence-corrected chi connectivity index (χ2v) is 7.37. The second kappa shape index (κ2) is 9.00. The molecule has 1 aromatic heterocycles. The topological polar surface area (TPSA) is 35.6 Å². The van der Waals surface area contributed by atoms with Gasteiger partial charge in [-0.05, 0) is 35.1 Å². The maximum absolute atomic E-state index is 12.0. The molecule has 1 aromatic rings. The number of carbonyl (C=O) groups excluding carboxylic acids is 1. The zero-order valence-electron chi connectivity index (χ0n) is 11.6. The van der Waals surface area contributed by atoms with Crippen molar-refractivity contribution in [1.82, 2.24) is 15.1 Å². The number of amides is 1. The monoisotopic (exact) mass is 381 g/mol. The number of hydrogen-bond acceptors (Lipinski definition) is 4. The van der Waals surface area contributed by atoms with E-state index in [4.69, 9.17) is 0 Å². The van der Waals surface area contributed by atoms with Gasteiger partial charge in [0.05, 0.1) is 3.79 Å². The van der Waals surface area contributed by atoms with Crippen LogP contribution >= 0.6 is 39.7 Å². The maximum Gasteiger partial charge on any atom is 0.223 e. The molecule has 1 saturated heterocycles. The largest absolute Gasteiger partial charge is 0.340 e. The van der Waals surface area contributed by atoms with Crippen LogP contribution in [0.4, 0.5) is 0 Å². The Morgan fingerprint density at radius 1 is 1.45 bits per heavy atom. The van der Waals surface area contributed by atoms with Crippen molar-refractivity contribution in [3.63, 3.8) is 0 Å². The van der Waals surface area contributed by atoms with Crippen LogP contribution < -0.4 is 5.32 Å². The molecule has 1 aliphatic rings. The van der Waals surface area contributed by atoms with Gasteiger partial charge in [0.2, 0.25) is 5.91 Å². The summed E-state index contributed by atoms with van der Waals surface area (Å²) in [5, 5.41) is 3.26. The van der Waals surface area contributed by atoms with Gasteiger partial charge in [0.1, 0.15) is 0 Å². The molecule has 0 atom stereocenters. The van der Waals surface area contributed by atoms with Gasteiger partial charge in [0, 0.05) is 50.6 Å². The molecule has 4 nitrogen and oxygen atoms in total. The van der Waals surface area contributed by atoms with Crippen molar-refractivity contribution in [3.8, 4) is 0 Å². The number of carbonyl (C=O) groups is 1. The first-order chi connectivity index (χ1) is 9.15. The van der Waals surface area contributed by atoms with Gasteiger partial charge in [-0.1, -0.05) is 0 Å². The predicted octanol–water partition coefficient (Wildman–Crippen LogP) is 2.19. The Labute approximate surface area is 139 Å². The highest BCUT2D eigenvalue weighted by Gasteiger charge is 2.16. The molecule has 0 saturated carbocycles. The number of piperazine rings is 1. The van der Waals surface area contributed by atoms with E-state index in [1.807, 2.05) is 4.90 Å². The smallest absolute Gasteiger partial charge is 0.223 e. The summed E-state index contributed by atoms with van der Waals surface area (Å²) in [6.07, 6.45) is 0.614. The number of halogens is 2. The van der Waals surface area contributed by atoms with Crippen LogP contribution in [0.1, 0.15) is 11.3 Å². The lowest BCUT2D eigenvalue weighted by atomic mass is 10.3. The molecule has 0 unspecified atom stereocenters. The van der Waals surface area contributed by atoms with Crippen molar-refractivity contribution in [2.24, 2.45) is 0 Å². The van der Waals surface area contributed by atoms with Crippen LogP contribution in [0.25, 0.3) is 0 Å². The summed E-state index contributed by atoms with van der Waals surface area (Å²) < 4.78 is 1.16. The van der Waals surface area contributed by atoms with Crippen molar-refractivity contribution in [3.05, 3.63) is 20.8 Å². The standard InChI is InChI=1S/C13H20BrN3OS.ClH/c1-16(10-11-2-3-12(14)19-11)7-4-13(18)17-8-5-15-6-9-17;/h2-3,15H,4-10H2,1H3;1H. The molecule has 0 radical (unpaired) electrons. The van der Waals surface area contributed by atoms with E-state index in [1.165, 1.54) is 4.88 Å². The number of nitrogens with zero attached hydrogens (tertiary/aromatic N) is 2. The van der Waals surface area contributed by atoms with E-state index < -0.39 is 0 Å². The normalized spacial score (nSPS) is 15.2. The lowest BCUT2D eigenvalue weighted by molar-refractivity contribution is -0.132. The van der Waals surface area contributed by atoms with Crippen molar-refractivity contribution >= 4 is 45.6 Å². The van der Waals surface area contributed by atoms with Crippen LogP contribution in [0.15, 0.2) is 15.9 Å². The van der Waals surface area contributed by atoms with Crippen molar-refractivity contribution < 1.29 is 4.79 Å². The molecule has 7 heteroatoms. The minimum absolute atomic E-state index is 0. The van der Waals surface area contributed by atoms with Gasteiger partial charge >= 0.3 is 0 Å². The average Bonchev–Trinajstić information content (AvgIpc) is 2.82. The average molecular weight is 383 g/mol. The van der Waals surface area contributed by atoms with Crippen molar-refractivity contribution in [2.45, 2.75) is 13.0 Å².